The molecule has 0 saturated heterocycles. The molecule has 2 aromatic carbocycles. The van der Waals surface area contributed by atoms with E-state index in [1.807, 2.05) is 6.92 Å². The summed E-state index contributed by atoms with van der Waals surface area (Å²) in [6.07, 6.45) is 3.10. The number of nitrogens with one attached hydrogen (secondary N) is 1. The molecule has 0 aliphatic carbocycles. The fourth-order valence-electron chi connectivity index (χ4n) is 2.82. The third-order valence-corrected chi connectivity index (χ3v) is 7.19. The summed E-state index contributed by atoms with van der Waals surface area (Å²) in [7, 11) is -2.60. The van der Waals surface area contributed by atoms with Crippen LogP contribution in [0.2, 0.25) is 5.02 Å². The highest BCUT2D eigenvalue weighted by atomic mass is 35.5. The molecule has 0 saturated carbocycles. The quantitative estimate of drug-likeness (QED) is 0.473. The Labute approximate surface area is 190 Å². The molecule has 1 amide bonds. The zero-order valence-electron chi connectivity index (χ0n) is 16.8. The highest BCUT2D eigenvalue weighted by Crippen LogP contribution is 2.33. The smallest absolute Gasteiger partial charge is 0.264 e. The highest BCUT2D eigenvalue weighted by molar-refractivity contribution is 7.92. The standard InChI is InChI=1S/C21H20ClN3O4S2/c1-4-11-25(18-7-5-6-8-19(18)29-3)31(27,28)15-9-10-17(22)16(12-15)20(26)24-21-23-13-14(2)30-21/h4-10,12-13H,1,11H2,2-3H3,(H,23,24,26). The number of methoxy groups -OCH3 is 1. The summed E-state index contributed by atoms with van der Waals surface area (Å²) in [5.41, 5.74) is 0.373. The van der Waals surface area contributed by atoms with Crippen LogP contribution in [0.1, 0.15) is 15.2 Å². The van der Waals surface area contributed by atoms with Crippen LogP contribution in [0.25, 0.3) is 0 Å². The molecule has 0 fully saturated rings. The summed E-state index contributed by atoms with van der Waals surface area (Å²) >= 11 is 7.50. The van der Waals surface area contributed by atoms with Gasteiger partial charge in [-0.25, -0.2) is 13.4 Å². The maximum atomic E-state index is 13.5. The first-order valence-corrected chi connectivity index (χ1v) is 11.7. The number of carbonyl (C=O) groups is 1. The summed E-state index contributed by atoms with van der Waals surface area (Å²) in [6, 6.07) is 10.7. The minimum atomic E-state index is -4.06. The fraction of sp³-hybridized carbons (Fsp3) is 0.143. The molecule has 3 rings (SSSR count). The molecular weight excluding hydrogens is 458 g/mol. The molecule has 0 aliphatic heterocycles. The predicted octanol–water partition coefficient (Wildman–Crippen LogP) is 4.75. The molecule has 10 heteroatoms. The zero-order chi connectivity index (χ0) is 22.6. The molecule has 1 heterocycles. The number of hydrogen-bond donors (Lipinski definition) is 1. The Morgan fingerprint density at radius 1 is 1.32 bits per heavy atom. The van der Waals surface area contributed by atoms with Gasteiger partial charge in [-0.1, -0.05) is 29.8 Å². The number of halogens is 1. The minimum Gasteiger partial charge on any atom is -0.495 e. The van der Waals surface area contributed by atoms with E-state index >= 15 is 0 Å². The topological polar surface area (TPSA) is 88.6 Å². The molecule has 0 radical (unpaired) electrons. The lowest BCUT2D eigenvalue weighted by Gasteiger charge is -2.25. The highest BCUT2D eigenvalue weighted by Gasteiger charge is 2.28. The maximum absolute atomic E-state index is 13.5. The van der Waals surface area contributed by atoms with Gasteiger partial charge in [-0.3, -0.25) is 14.4 Å². The van der Waals surface area contributed by atoms with Crippen molar-refractivity contribution in [2.24, 2.45) is 0 Å². The van der Waals surface area contributed by atoms with Crippen molar-refractivity contribution >= 4 is 49.7 Å². The van der Waals surface area contributed by atoms with Gasteiger partial charge in [0.25, 0.3) is 15.9 Å². The Bertz CT molecular complexity index is 1220. The Morgan fingerprint density at radius 2 is 2.06 bits per heavy atom. The summed E-state index contributed by atoms with van der Waals surface area (Å²) in [5, 5.41) is 3.16. The molecular formula is C21H20ClN3O4S2. The number of ether oxygens (including phenoxy) is 1. The van der Waals surface area contributed by atoms with E-state index in [4.69, 9.17) is 16.3 Å². The number of anilines is 2. The number of carbonyl (C=O) groups excluding carboxylic acids is 1. The Balaban J connectivity index is 2.02. The van der Waals surface area contributed by atoms with E-state index in [-0.39, 0.29) is 22.0 Å². The second kappa shape index (κ2) is 9.51. The van der Waals surface area contributed by atoms with Crippen LogP contribution in [-0.2, 0) is 10.0 Å². The van der Waals surface area contributed by atoms with Crippen molar-refractivity contribution in [3.05, 3.63) is 76.8 Å². The average Bonchev–Trinajstić information content (AvgIpc) is 3.16. The van der Waals surface area contributed by atoms with E-state index in [9.17, 15) is 13.2 Å². The molecule has 0 aliphatic rings. The number of aryl methyl sites for hydroxylation is 1. The van der Waals surface area contributed by atoms with Gasteiger partial charge in [0.2, 0.25) is 0 Å². The third kappa shape index (κ3) is 4.90. The number of amides is 1. The Morgan fingerprint density at radius 3 is 2.71 bits per heavy atom. The predicted molar refractivity (Wildman–Crippen MR) is 124 cm³/mol. The second-order valence-corrected chi connectivity index (χ2v) is 9.87. The van der Waals surface area contributed by atoms with E-state index in [1.165, 1.54) is 42.7 Å². The summed E-state index contributed by atoms with van der Waals surface area (Å²) < 4.78 is 33.4. The molecule has 0 unspecified atom stereocenters. The van der Waals surface area contributed by atoms with Crippen molar-refractivity contribution in [2.75, 3.05) is 23.3 Å². The fourth-order valence-corrected chi connectivity index (χ4v) is 5.16. The van der Waals surface area contributed by atoms with Crippen molar-refractivity contribution in [2.45, 2.75) is 11.8 Å². The van der Waals surface area contributed by atoms with Gasteiger partial charge in [0.1, 0.15) is 5.75 Å². The Kier molecular flexibility index (Phi) is 6.99. The lowest BCUT2D eigenvalue weighted by molar-refractivity contribution is 0.102. The number of benzene rings is 2. The van der Waals surface area contributed by atoms with Crippen molar-refractivity contribution in [3.8, 4) is 5.75 Å². The average molecular weight is 478 g/mol. The lowest BCUT2D eigenvalue weighted by Crippen LogP contribution is -2.31. The van der Waals surface area contributed by atoms with Crippen LogP contribution < -0.4 is 14.4 Å². The van der Waals surface area contributed by atoms with Crippen LogP contribution in [0.5, 0.6) is 5.75 Å². The number of aromatic nitrogens is 1. The van der Waals surface area contributed by atoms with Crippen LogP contribution in [-0.4, -0.2) is 33.0 Å². The van der Waals surface area contributed by atoms with Crippen LogP contribution in [0.3, 0.4) is 0 Å². The lowest BCUT2D eigenvalue weighted by atomic mass is 10.2. The molecule has 162 valence electrons. The van der Waals surface area contributed by atoms with Crippen LogP contribution in [0.4, 0.5) is 10.8 Å². The van der Waals surface area contributed by atoms with Crippen LogP contribution in [0.15, 0.2) is 66.2 Å². The number of sulfonamides is 1. The van der Waals surface area contributed by atoms with Gasteiger partial charge in [-0.2, -0.15) is 0 Å². The molecule has 1 aromatic heterocycles. The number of nitrogens with zero attached hydrogens (tertiary/aromatic N) is 2. The largest absolute Gasteiger partial charge is 0.495 e. The summed E-state index contributed by atoms with van der Waals surface area (Å²) in [5.74, 6) is -0.164. The van der Waals surface area contributed by atoms with Gasteiger partial charge in [-0.15, -0.1) is 17.9 Å². The van der Waals surface area contributed by atoms with Crippen LogP contribution in [0, 0.1) is 6.92 Å². The van der Waals surface area contributed by atoms with Gasteiger partial charge >= 0.3 is 0 Å². The van der Waals surface area contributed by atoms with Crippen molar-refractivity contribution < 1.29 is 17.9 Å². The van der Waals surface area contributed by atoms with E-state index in [0.29, 0.717) is 16.6 Å². The SMILES string of the molecule is C=CCN(c1ccccc1OC)S(=O)(=O)c1ccc(Cl)c(C(=O)Nc2ncc(C)s2)c1. The Hall–Kier alpha value is -2.88. The summed E-state index contributed by atoms with van der Waals surface area (Å²) in [4.78, 5) is 17.6. The molecule has 1 N–H and O–H groups in total. The van der Waals surface area contributed by atoms with Crippen molar-refractivity contribution in [1.82, 2.24) is 4.98 Å². The van der Waals surface area contributed by atoms with Gasteiger partial charge < -0.3 is 4.74 Å². The molecule has 0 atom stereocenters. The molecule has 0 spiro atoms. The first-order valence-electron chi connectivity index (χ1n) is 9.08. The molecule has 31 heavy (non-hydrogen) atoms. The van der Waals surface area contributed by atoms with E-state index in [2.05, 4.69) is 16.9 Å². The number of para-hydroxylation sites is 2. The van der Waals surface area contributed by atoms with Gasteiger partial charge in [0.15, 0.2) is 5.13 Å². The summed E-state index contributed by atoms with van der Waals surface area (Å²) in [6.45, 7) is 5.53. The normalized spacial score (nSPS) is 11.1. The van der Waals surface area contributed by atoms with Crippen LogP contribution >= 0.6 is 22.9 Å². The number of hydrogen-bond acceptors (Lipinski definition) is 6. The van der Waals surface area contributed by atoms with E-state index < -0.39 is 15.9 Å². The first-order chi connectivity index (χ1) is 14.8. The minimum absolute atomic E-state index is 0.00521. The second-order valence-electron chi connectivity index (χ2n) is 6.37. The molecule has 3 aromatic rings. The molecule has 7 nitrogen and oxygen atoms in total. The van der Waals surface area contributed by atoms with E-state index in [1.54, 1.807) is 30.5 Å². The van der Waals surface area contributed by atoms with Crippen molar-refractivity contribution in [1.29, 1.82) is 0 Å². The number of rotatable bonds is 8. The van der Waals surface area contributed by atoms with E-state index in [0.717, 1.165) is 9.18 Å². The molecule has 0 bridgehead atoms. The monoisotopic (exact) mass is 477 g/mol. The third-order valence-electron chi connectivity index (χ3n) is 4.26. The van der Waals surface area contributed by atoms with Gasteiger partial charge in [0, 0.05) is 11.1 Å². The van der Waals surface area contributed by atoms with Crippen molar-refractivity contribution in [3.63, 3.8) is 0 Å². The van der Waals surface area contributed by atoms with Gasteiger partial charge in [-0.05, 0) is 37.3 Å². The zero-order valence-corrected chi connectivity index (χ0v) is 19.2. The van der Waals surface area contributed by atoms with Gasteiger partial charge in [0.05, 0.1) is 34.8 Å². The number of thiazole rings is 1. The first kappa shape index (κ1) is 22.8. The maximum Gasteiger partial charge on any atom is 0.264 e.